The summed E-state index contributed by atoms with van der Waals surface area (Å²) in [5.74, 6) is 0.841. The number of nitrogens with zero attached hydrogens (tertiary/aromatic N) is 2. The highest BCUT2D eigenvalue weighted by molar-refractivity contribution is 9.10. The molecule has 0 atom stereocenters. The number of ether oxygens (including phenoxy) is 1. The van der Waals surface area contributed by atoms with Crippen molar-refractivity contribution in [1.82, 2.24) is 9.97 Å². The van der Waals surface area contributed by atoms with Crippen LogP contribution in [0.4, 0.5) is 0 Å². The van der Waals surface area contributed by atoms with Crippen LogP contribution in [0.2, 0.25) is 0 Å². The van der Waals surface area contributed by atoms with Crippen molar-refractivity contribution in [3.63, 3.8) is 0 Å². The molecule has 0 aliphatic carbocycles. The van der Waals surface area contributed by atoms with E-state index in [-0.39, 0.29) is 0 Å². The highest BCUT2D eigenvalue weighted by Crippen LogP contribution is 2.33. The molecular weight excluding hydrogens is 280 g/mol. The maximum absolute atomic E-state index is 5.43. The van der Waals surface area contributed by atoms with Gasteiger partial charge in [-0.15, -0.1) is 0 Å². The Morgan fingerprint density at radius 2 is 2.00 bits per heavy atom. The second kappa shape index (κ2) is 4.84. The van der Waals surface area contributed by atoms with Gasteiger partial charge in [-0.1, -0.05) is 6.07 Å². The average Bonchev–Trinajstić information content (AvgIpc) is 2.27. The average molecular weight is 293 g/mol. The largest absolute Gasteiger partial charge is 0.496 e. The SMILES string of the molecule is COc1cc(C)cc(C)c1-c1ccnc(Br)n1. The quantitative estimate of drug-likeness (QED) is 0.794. The summed E-state index contributed by atoms with van der Waals surface area (Å²) in [6.45, 7) is 4.11. The van der Waals surface area contributed by atoms with Crippen LogP contribution >= 0.6 is 15.9 Å². The van der Waals surface area contributed by atoms with E-state index in [4.69, 9.17) is 4.74 Å². The smallest absolute Gasteiger partial charge is 0.197 e. The van der Waals surface area contributed by atoms with Crippen LogP contribution in [-0.4, -0.2) is 17.1 Å². The summed E-state index contributed by atoms with van der Waals surface area (Å²) in [7, 11) is 1.67. The molecule has 0 aliphatic rings. The van der Waals surface area contributed by atoms with E-state index < -0.39 is 0 Å². The summed E-state index contributed by atoms with van der Waals surface area (Å²) in [6.07, 6.45) is 1.73. The summed E-state index contributed by atoms with van der Waals surface area (Å²) in [5.41, 5.74) is 4.20. The van der Waals surface area contributed by atoms with Gasteiger partial charge in [0.1, 0.15) is 5.75 Å². The van der Waals surface area contributed by atoms with E-state index in [9.17, 15) is 0 Å². The number of hydrogen-bond donors (Lipinski definition) is 0. The fourth-order valence-corrected chi connectivity index (χ4v) is 2.20. The molecule has 0 unspecified atom stereocenters. The molecule has 1 heterocycles. The van der Waals surface area contributed by atoms with E-state index >= 15 is 0 Å². The van der Waals surface area contributed by atoms with Gasteiger partial charge in [-0.3, -0.25) is 0 Å². The van der Waals surface area contributed by atoms with Crippen LogP contribution < -0.4 is 4.74 Å². The minimum atomic E-state index is 0.581. The fourth-order valence-electron chi connectivity index (χ4n) is 1.89. The molecular formula is C13H13BrN2O. The van der Waals surface area contributed by atoms with Gasteiger partial charge in [0.2, 0.25) is 0 Å². The molecule has 0 amide bonds. The lowest BCUT2D eigenvalue weighted by atomic mass is 10.0. The molecule has 17 heavy (non-hydrogen) atoms. The molecule has 0 fully saturated rings. The van der Waals surface area contributed by atoms with Crippen molar-refractivity contribution in [2.75, 3.05) is 7.11 Å². The molecule has 0 N–H and O–H groups in total. The number of methoxy groups -OCH3 is 1. The molecule has 0 bridgehead atoms. The van der Waals surface area contributed by atoms with Crippen molar-refractivity contribution in [3.8, 4) is 17.0 Å². The highest BCUT2D eigenvalue weighted by Gasteiger charge is 2.11. The lowest BCUT2D eigenvalue weighted by Crippen LogP contribution is -1.95. The number of hydrogen-bond acceptors (Lipinski definition) is 3. The first kappa shape index (κ1) is 12.0. The highest BCUT2D eigenvalue weighted by atomic mass is 79.9. The summed E-state index contributed by atoms with van der Waals surface area (Å²) >= 11 is 3.28. The van der Waals surface area contributed by atoms with E-state index in [0.717, 1.165) is 22.6 Å². The van der Waals surface area contributed by atoms with E-state index in [1.807, 2.05) is 12.1 Å². The van der Waals surface area contributed by atoms with Crippen LogP contribution in [0.5, 0.6) is 5.75 Å². The number of benzene rings is 1. The number of rotatable bonds is 2. The van der Waals surface area contributed by atoms with Crippen LogP contribution in [0, 0.1) is 13.8 Å². The van der Waals surface area contributed by atoms with Crippen molar-refractivity contribution in [1.29, 1.82) is 0 Å². The predicted octanol–water partition coefficient (Wildman–Crippen LogP) is 3.53. The molecule has 4 heteroatoms. The third-order valence-corrected chi connectivity index (χ3v) is 2.93. The van der Waals surface area contributed by atoms with Crippen molar-refractivity contribution < 1.29 is 4.74 Å². The topological polar surface area (TPSA) is 35.0 Å². The Morgan fingerprint density at radius 1 is 1.24 bits per heavy atom. The Morgan fingerprint density at radius 3 is 2.65 bits per heavy atom. The summed E-state index contributed by atoms with van der Waals surface area (Å²) < 4.78 is 6.01. The summed E-state index contributed by atoms with van der Waals surface area (Å²) in [6, 6.07) is 6.01. The van der Waals surface area contributed by atoms with Gasteiger partial charge >= 0.3 is 0 Å². The van der Waals surface area contributed by atoms with Crippen molar-refractivity contribution in [3.05, 3.63) is 40.3 Å². The van der Waals surface area contributed by atoms with Crippen LogP contribution in [-0.2, 0) is 0 Å². The monoisotopic (exact) mass is 292 g/mol. The van der Waals surface area contributed by atoms with E-state index in [1.165, 1.54) is 5.56 Å². The molecule has 88 valence electrons. The van der Waals surface area contributed by atoms with Crippen LogP contribution in [0.25, 0.3) is 11.3 Å². The molecule has 0 saturated carbocycles. The molecule has 0 radical (unpaired) electrons. The standard InChI is InChI=1S/C13H13BrN2O/c1-8-6-9(2)12(11(7-8)17-3)10-4-5-15-13(14)16-10/h4-7H,1-3H3. The van der Waals surface area contributed by atoms with Crippen molar-refractivity contribution in [2.45, 2.75) is 13.8 Å². The minimum absolute atomic E-state index is 0.581. The zero-order valence-corrected chi connectivity index (χ0v) is 11.6. The number of aryl methyl sites for hydroxylation is 2. The molecule has 0 saturated heterocycles. The van der Waals surface area contributed by atoms with Gasteiger partial charge in [-0.25, -0.2) is 9.97 Å². The maximum Gasteiger partial charge on any atom is 0.197 e. The van der Waals surface area contributed by atoms with Gasteiger partial charge in [-0.2, -0.15) is 0 Å². The van der Waals surface area contributed by atoms with Gasteiger partial charge in [0, 0.05) is 11.8 Å². The molecule has 2 rings (SSSR count). The van der Waals surface area contributed by atoms with E-state index in [2.05, 4.69) is 45.8 Å². The second-order valence-electron chi connectivity index (χ2n) is 3.87. The molecule has 3 nitrogen and oxygen atoms in total. The van der Waals surface area contributed by atoms with Crippen LogP contribution in [0.3, 0.4) is 0 Å². The Hall–Kier alpha value is -1.42. The zero-order chi connectivity index (χ0) is 12.4. The third-order valence-electron chi connectivity index (χ3n) is 2.55. The zero-order valence-electron chi connectivity index (χ0n) is 9.99. The normalized spacial score (nSPS) is 10.4. The van der Waals surface area contributed by atoms with Crippen LogP contribution in [0.1, 0.15) is 11.1 Å². The molecule has 1 aromatic heterocycles. The first-order valence-corrected chi connectivity index (χ1v) is 6.05. The number of halogens is 1. The van der Waals surface area contributed by atoms with E-state index in [0.29, 0.717) is 4.73 Å². The predicted molar refractivity (Wildman–Crippen MR) is 71.2 cm³/mol. The lowest BCUT2D eigenvalue weighted by molar-refractivity contribution is 0.415. The second-order valence-corrected chi connectivity index (χ2v) is 4.58. The third kappa shape index (κ3) is 2.47. The molecule has 1 aromatic carbocycles. The Labute approximate surface area is 109 Å². The van der Waals surface area contributed by atoms with Gasteiger partial charge < -0.3 is 4.74 Å². The lowest BCUT2D eigenvalue weighted by Gasteiger charge is -2.12. The number of aromatic nitrogens is 2. The van der Waals surface area contributed by atoms with Gasteiger partial charge in [0.05, 0.1) is 12.8 Å². The maximum atomic E-state index is 5.43. The first-order valence-electron chi connectivity index (χ1n) is 5.26. The van der Waals surface area contributed by atoms with Gasteiger partial charge in [0.25, 0.3) is 0 Å². The summed E-state index contributed by atoms with van der Waals surface area (Å²) in [5, 5.41) is 0. The summed E-state index contributed by atoms with van der Waals surface area (Å²) in [4.78, 5) is 8.40. The first-order chi connectivity index (χ1) is 8.11. The van der Waals surface area contributed by atoms with Gasteiger partial charge in [0.15, 0.2) is 4.73 Å². The van der Waals surface area contributed by atoms with E-state index in [1.54, 1.807) is 13.3 Å². The minimum Gasteiger partial charge on any atom is -0.496 e. The molecule has 2 aromatic rings. The Kier molecular flexibility index (Phi) is 3.43. The van der Waals surface area contributed by atoms with Crippen LogP contribution in [0.15, 0.2) is 29.1 Å². The Balaban J connectivity index is 2.66. The van der Waals surface area contributed by atoms with Crippen molar-refractivity contribution in [2.24, 2.45) is 0 Å². The Bertz CT molecular complexity index is 555. The fraction of sp³-hybridized carbons (Fsp3) is 0.231. The molecule has 0 aliphatic heterocycles. The molecule has 0 spiro atoms. The van der Waals surface area contributed by atoms with Crippen molar-refractivity contribution >= 4 is 15.9 Å². The van der Waals surface area contributed by atoms with Gasteiger partial charge in [-0.05, 0) is 53.0 Å².